The third-order valence-electron chi connectivity index (χ3n) is 11.9. The van der Waals surface area contributed by atoms with Crippen LogP contribution in [0, 0.1) is 0 Å². The number of para-hydroxylation sites is 1. The molecule has 0 aliphatic heterocycles. The summed E-state index contributed by atoms with van der Waals surface area (Å²) in [6.45, 7) is 7.85. The van der Waals surface area contributed by atoms with Crippen molar-refractivity contribution in [2.45, 2.75) is 131 Å². The Morgan fingerprint density at radius 1 is 0.591 bits per heavy atom. The molecule has 2 heterocycles. The number of benzene rings is 6. The van der Waals surface area contributed by atoms with Crippen molar-refractivity contribution >= 4 is 11.0 Å². The lowest BCUT2D eigenvalue weighted by atomic mass is 9.83. The van der Waals surface area contributed by atoms with Gasteiger partial charge < -0.3 is 5.11 Å². The molecule has 0 radical (unpaired) electrons. The zero-order chi connectivity index (χ0) is 64.7. The molecule has 0 unspecified atom stereocenters. The highest BCUT2D eigenvalue weighted by molar-refractivity contribution is 5.97. The maximum absolute atomic E-state index is 12.4. The first-order chi connectivity index (χ1) is 39.1. The number of imidazole rings is 1. The van der Waals surface area contributed by atoms with Gasteiger partial charge in [-0.05, 0) is 144 Å². The van der Waals surface area contributed by atoms with Crippen molar-refractivity contribution in [3.63, 3.8) is 0 Å². The number of hydrogen-bond acceptors (Lipinski definition) is 3. The SMILES string of the molecule is [2H]c1nc(-c2cc(-c3cccc4c3nc(-c3cc(C([2H])(C)C)cc(C([2H])(C)C)c3O)n4-c3ccc(-c4c(C([2H])(C)C)cccc4C([2H])(C)C)cc3)cc(C(C)(C)C)c2)c([2H])c(-c2c([2H])c([2H])c(C(C([2H])([2H])[2H])(C([2H])([2H])[2H])C([2H])([2H])[2H])c([2H])c2[2H])c1[2H]. The second-order valence-corrected chi connectivity index (χ2v) is 18.9. The van der Waals surface area contributed by atoms with Crippen LogP contribution < -0.4 is 0 Å². The van der Waals surface area contributed by atoms with Crippen molar-refractivity contribution in [1.29, 1.82) is 0 Å². The van der Waals surface area contributed by atoms with Crippen LogP contribution in [0.25, 0.3) is 72.7 Å². The number of pyridine rings is 1. The van der Waals surface area contributed by atoms with Crippen molar-refractivity contribution in [2.24, 2.45) is 0 Å². The average molecular weight is 892 g/mol. The molecule has 2 aromatic heterocycles. The summed E-state index contributed by atoms with van der Waals surface area (Å²) in [5, 5.41) is 12.4. The Labute approximate surface area is 423 Å². The number of phenols is 1. The minimum absolute atomic E-state index is 0.189. The van der Waals surface area contributed by atoms with E-state index in [0.29, 0.717) is 39.0 Å². The van der Waals surface area contributed by atoms with Gasteiger partial charge in [-0.1, -0.05) is 175 Å². The maximum atomic E-state index is 12.4. The van der Waals surface area contributed by atoms with Crippen LogP contribution in [0.3, 0.4) is 0 Å². The predicted molar refractivity (Wildman–Crippen MR) is 281 cm³/mol. The van der Waals surface area contributed by atoms with Gasteiger partial charge in [0.15, 0.2) is 0 Å². The Morgan fingerprint density at radius 2 is 1.23 bits per heavy atom. The summed E-state index contributed by atoms with van der Waals surface area (Å²) < 4.78 is 177. The second-order valence-electron chi connectivity index (χ2n) is 18.9. The molecule has 6 aromatic carbocycles. The Kier molecular flexibility index (Phi) is 7.41. The van der Waals surface area contributed by atoms with E-state index in [-0.39, 0.29) is 34.0 Å². The standard InChI is InChI=1S/C62H69N3O/c1-37(2)44-34-53(40(7)8)59(66)54(35-44)60-64-58-52(19-16-20-56(58)65(60)49-27-23-42(24-28-49)57-50(38(3)4)17-15-18-51(57)39(5)6)45-31-46(33-48(32-45)62(12,13)14)55-36-43(29-30-63-55)41-21-25-47(26-22-41)61(9,10)11/h15-40,66H,1-14H3/i9D3,10D3,11D3,21D,22D,25D,26D,29D,30D,36D,37D,38D,39D,40D. The van der Waals surface area contributed by atoms with E-state index < -0.39 is 114 Å². The third-order valence-corrected chi connectivity index (χ3v) is 11.9. The smallest absolute Gasteiger partial charge is 0.149 e. The van der Waals surface area contributed by atoms with Crippen LogP contribution in [0.2, 0.25) is 0 Å². The van der Waals surface area contributed by atoms with Gasteiger partial charge in [-0.3, -0.25) is 9.55 Å². The summed E-state index contributed by atoms with van der Waals surface area (Å²) in [4.78, 5) is 9.74. The quantitative estimate of drug-likeness (QED) is 0.149. The number of phenolic OH excluding ortho intramolecular Hbond substituents is 1. The fourth-order valence-electron chi connectivity index (χ4n) is 8.28. The molecular formula is C62H69N3O. The van der Waals surface area contributed by atoms with Gasteiger partial charge >= 0.3 is 0 Å². The van der Waals surface area contributed by atoms with E-state index in [4.69, 9.17) is 28.3 Å². The molecule has 8 aromatic rings. The molecule has 4 heteroatoms. The molecular weight excluding hydrogens is 803 g/mol. The van der Waals surface area contributed by atoms with Crippen molar-refractivity contribution in [1.82, 2.24) is 14.5 Å². The molecule has 0 amide bonds. The highest BCUT2D eigenvalue weighted by Gasteiger charge is 2.25. The van der Waals surface area contributed by atoms with Crippen molar-refractivity contribution < 1.29 is 32.5 Å². The van der Waals surface area contributed by atoms with E-state index in [1.165, 1.54) is 0 Å². The van der Waals surface area contributed by atoms with Crippen LogP contribution in [0.5, 0.6) is 5.75 Å². The predicted octanol–water partition coefficient (Wildman–Crippen LogP) is 17.5. The van der Waals surface area contributed by atoms with Crippen LogP contribution >= 0.6 is 0 Å². The molecule has 338 valence electrons. The van der Waals surface area contributed by atoms with E-state index in [1.807, 2.05) is 92.1 Å². The lowest BCUT2D eigenvalue weighted by Crippen LogP contribution is -2.11. The molecule has 0 fully saturated rings. The largest absolute Gasteiger partial charge is 0.507 e. The van der Waals surface area contributed by atoms with Crippen LogP contribution in [0.15, 0.2) is 133 Å². The first-order valence-corrected chi connectivity index (χ1v) is 22.0. The highest BCUT2D eigenvalue weighted by atomic mass is 16.3. The summed E-state index contributed by atoms with van der Waals surface area (Å²) in [5.74, 6) is -4.60. The summed E-state index contributed by atoms with van der Waals surface area (Å²) >= 11 is 0. The van der Waals surface area contributed by atoms with Gasteiger partial charge in [-0.15, -0.1) is 0 Å². The Bertz CT molecular complexity index is 3910. The van der Waals surface area contributed by atoms with Gasteiger partial charge in [-0.2, -0.15) is 0 Å². The minimum atomic E-state index is -3.95. The van der Waals surface area contributed by atoms with E-state index in [2.05, 4.69) is 4.98 Å². The molecule has 0 aliphatic rings. The Balaban J connectivity index is 1.44. The molecule has 0 atom stereocenters. The van der Waals surface area contributed by atoms with Gasteiger partial charge in [0.2, 0.25) is 0 Å². The molecule has 8 rings (SSSR count). The van der Waals surface area contributed by atoms with E-state index in [1.54, 1.807) is 79.7 Å². The number of aromatic hydroxyl groups is 1. The molecule has 0 aliphatic carbocycles. The number of rotatable bonds is 10. The first-order valence-electron chi connectivity index (χ1n) is 32.0. The average Bonchev–Trinajstić information content (AvgIpc) is 0.783. The second kappa shape index (κ2) is 17.9. The molecule has 1 N–H and O–H groups in total. The lowest BCUT2D eigenvalue weighted by molar-refractivity contribution is 0.466. The zero-order valence-electron chi connectivity index (χ0n) is 59.4. The summed E-state index contributed by atoms with van der Waals surface area (Å²) in [6.07, 6.45) is -0.771. The summed E-state index contributed by atoms with van der Waals surface area (Å²) in [5.41, 5.74) is -0.353. The van der Waals surface area contributed by atoms with Crippen LogP contribution in [-0.2, 0) is 10.8 Å². The van der Waals surface area contributed by atoms with Crippen LogP contribution in [0.1, 0.15) is 181 Å². The van der Waals surface area contributed by atoms with Gasteiger partial charge in [0, 0.05) is 40.8 Å². The van der Waals surface area contributed by atoms with E-state index >= 15 is 0 Å². The third kappa shape index (κ3) is 9.00. The number of nitrogens with zero attached hydrogens (tertiary/aromatic N) is 3. The first kappa shape index (κ1) is 27.4. The number of fused-ring (bicyclic) bond motifs is 1. The Hall–Kier alpha value is -6.26. The van der Waals surface area contributed by atoms with E-state index in [9.17, 15) is 9.22 Å². The van der Waals surface area contributed by atoms with Crippen molar-refractivity contribution in [2.75, 3.05) is 0 Å². The molecule has 0 saturated heterocycles. The summed E-state index contributed by atoms with van der Waals surface area (Å²) in [7, 11) is 0. The van der Waals surface area contributed by atoms with Crippen LogP contribution in [0.4, 0.5) is 0 Å². The van der Waals surface area contributed by atoms with Gasteiger partial charge in [0.25, 0.3) is 0 Å². The normalized spacial score (nSPS) is 18.0. The monoisotopic (exact) mass is 892 g/mol. The lowest BCUT2D eigenvalue weighted by Gasteiger charge is -2.22. The molecule has 0 saturated carbocycles. The van der Waals surface area contributed by atoms with Gasteiger partial charge in [0.05, 0.1) is 31.9 Å². The molecule has 66 heavy (non-hydrogen) atoms. The molecule has 0 spiro atoms. The topological polar surface area (TPSA) is 50.9 Å². The fraction of sp³-hybridized carbons (Fsp3) is 0.323. The van der Waals surface area contributed by atoms with Crippen molar-refractivity contribution in [3.05, 3.63) is 167 Å². The van der Waals surface area contributed by atoms with E-state index in [0.717, 1.165) is 22.3 Å². The van der Waals surface area contributed by atoms with Gasteiger partial charge in [0.1, 0.15) is 11.6 Å². The number of aromatic nitrogens is 3. The summed E-state index contributed by atoms with van der Waals surface area (Å²) in [6, 6.07) is 20.9. The highest BCUT2D eigenvalue weighted by Crippen LogP contribution is 2.44. The van der Waals surface area contributed by atoms with Crippen molar-refractivity contribution in [3.8, 4) is 67.5 Å². The number of hydrogen-bond donors (Lipinski definition) is 1. The zero-order valence-corrected chi connectivity index (χ0v) is 39.4. The maximum Gasteiger partial charge on any atom is 0.149 e. The molecule has 4 nitrogen and oxygen atoms in total. The van der Waals surface area contributed by atoms with Crippen LogP contribution in [-0.4, -0.2) is 19.6 Å². The van der Waals surface area contributed by atoms with Gasteiger partial charge in [-0.25, -0.2) is 4.98 Å². The molecule has 0 bridgehead atoms. The fourth-order valence-corrected chi connectivity index (χ4v) is 8.28. The minimum Gasteiger partial charge on any atom is -0.507 e. The Morgan fingerprint density at radius 3 is 1.83 bits per heavy atom.